The molecule has 0 aliphatic heterocycles. The second-order valence-electron chi connectivity index (χ2n) is 4.03. The van der Waals surface area contributed by atoms with Crippen LogP contribution in [0, 0.1) is 13.8 Å². The van der Waals surface area contributed by atoms with Gasteiger partial charge in [0.05, 0.1) is 0 Å². The number of phenolic OH excluding ortho intramolecular Hbond substituents is 2. The largest absolute Gasteiger partial charge is 0.504 e. The van der Waals surface area contributed by atoms with Crippen molar-refractivity contribution in [2.75, 3.05) is 0 Å². The molecule has 16 heavy (non-hydrogen) atoms. The molecule has 0 spiro atoms. The average Bonchev–Trinajstić information content (AvgIpc) is 2.26. The Balaban J connectivity index is 2.52. The maximum atomic E-state index is 9.55. The number of hydrogen-bond donors (Lipinski definition) is 2. The van der Waals surface area contributed by atoms with Crippen molar-refractivity contribution in [3.05, 3.63) is 47.5 Å². The monoisotopic (exact) mass is 214 g/mol. The van der Waals surface area contributed by atoms with Gasteiger partial charge in [-0.2, -0.15) is 0 Å². The normalized spacial score (nSPS) is 10.4. The van der Waals surface area contributed by atoms with Crippen LogP contribution in [0.1, 0.15) is 11.1 Å². The topological polar surface area (TPSA) is 40.5 Å². The van der Waals surface area contributed by atoms with E-state index in [4.69, 9.17) is 0 Å². The third-order valence-corrected chi connectivity index (χ3v) is 2.67. The Morgan fingerprint density at radius 3 is 2.00 bits per heavy atom. The van der Waals surface area contributed by atoms with E-state index in [9.17, 15) is 10.2 Å². The van der Waals surface area contributed by atoms with Crippen LogP contribution in [0.15, 0.2) is 36.4 Å². The molecule has 0 unspecified atom stereocenters. The molecule has 0 aliphatic rings. The molecule has 0 saturated carbocycles. The van der Waals surface area contributed by atoms with Crippen molar-refractivity contribution in [3.8, 4) is 22.6 Å². The third-order valence-electron chi connectivity index (χ3n) is 2.67. The number of phenols is 2. The van der Waals surface area contributed by atoms with E-state index < -0.39 is 0 Å². The highest BCUT2D eigenvalue weighted by Crippen LogP contribution is 2.34. The average molecular weight is 214 g/mol. The maximum Gasteiger partial charge on any atom is 0.160 e. The summed E-state index contributed by atoms with van der Waals surface area (Å²) in [6.45, 7) is 3.80. The highest BCUT2D eigenvalue weighted by molar-refractivity contribution is 5.68. The summed E-state index contributed by atoms with van der Waals surface area (Å²) in [7, 11) is 0. The Hall–Kier alpha value is -1.96. The van der Waals surface area contributed by atoms with Gasteiger partial charge in [-0.05, 0) is 42.7 Å². The Morgan fingerprint density at radius 1 is 0.812 bits per heavy atom. The number of aryl methyl sites for hydroxylation is 2. The van der Waals surface area contributed by atoms with E-state index in [1.807, 2.05) is 37.3 Å². The standard InChI is InChI=1S/C14H14O2/c1-9-3-5-11(6-4-9)12-7-10(2)14(16)13(15)8-12/h3-8,15-16H,1-2H3. The SMILES string of the molecule is Cc1ccc(-c2cc(C)c(O)c(O)c2)cc1. The van der Waals surface area contributed by atoms with Crippen molar-refractivity contribution in [1.82, 2.24) is 0 Å². The fourth-order valence-corrected chi connectivity index (χ4v) is 1.67. The Labute approximate surface area is 94.8 Å². The quantitative estimate of drug-likeness (QED) is 0.714. The zero-order chi connectivity index (χ0) is 11.7. The molecule has 2 aromatic rings. The minimum absolute atomic E-state index is 0.0455. The van der Waals surface area contributed by atoms with Gasteiger partial charge in [0.2, 0.25) is 0 Å². The van der Waals surface area contributed by atoms with Crippen LogP contribution in [0.4, 0.5) is 0 Å². The van der Waals surface area contributed by atoms with E-state index in [1.54, 1.807) is 13.0 Å². The third kappa shape index (κ3) is 1.87. The molecule has 0 heterocycles. The number of benzene rings is 2. The van der Waals surface area contributed by atoms with E-state index in [0.717, 1.165) is 11.1 Å². The summed E-state index contributed by atoms with van der Waals surface area (Å²) in [5, 5.41) is 19.0. The van der Waals surface area contributed by atoms with E-state index in [2.05, 4.69) is 0 Å². The van der Waals surface area contributed by atoms with Gasteiger partial charge < -0.3 is 10.2 Å². The summed E-state index contributed by atoms with van der Waals surface area (Å²) in [6.07, 6.45) is 0. The summed E-state index contributed by atoms with van der Waals surface area (Å²) in [6, 6.07) is 11.5. The Morgan fingerprint density at radius 2 is 1.44 bits per heavy atom. The van der Waals surface area contributed by atoms with E-state index in [1.165, 1.54) is 5.56 Å². The van der Waals surface area contributed by atoms with Crippen molar-refractivity contribution in [3.63, 3.8) is 0 Å². The van der Waals surface area contributed by atoms with Crippen LogP contribution in [-0.2, 0) is 0 Å². The summed E-state index contributed by atoms with van der Waals surface area (Å²) in [5.41, 5.74) is 3.82. The maximum absolute atomic E-state index is 9.55. The van der Waals surface area contributed by atoms with Gasteiger partial charge in [0, 0.05) is 0 Å². The minimum Gasteiger partial charge on any atom is -0.504 e. The Bertz CT molecular complexity index is 490. The van der Waals surface area contributed by atoms with Crippen LogP contribution in [0.3, 0.4) is 0 Å². The summed E-state index contributed by atoms with van der Waals surface area (Å²) >= 11 is 0. The lowest BCUT2D eigenvalue weighted by atomic mass is 10.0. The molecule has 0 aliphatic carbocycles. The van der Waals surface area contributed by atoms with Crippen LogP contribution < -0.4 is 0 Å². The molecule has 2 N–H and O–H groups in total. The second kappa shape index (κ2) is 3.89. The molecule has 0 atom stereocenters. The first-order valence-electron chi connectivity index (χ1n) is 5.17. The van der Waals surface area contributed by atoms with E-state index in [-0.39, 0.29) is 11.5 Å². The molecule has 0 fully saturated rings. The Kier molecular flexibility index (Phi) is 2.57. The smallest absolute Gasteiger partial charge is 0.160 e. The summed E-state index contributed by atoms with van der Waals surface area (Å²) < 4.78 is 0. The van der Waals surface area contributed by atoms with E-state index >= 15 is 0 Å². The first kappa shape index (κ1) is 10.6. The fourth-order valence-electron chi connectivity index (χ4n) is 1.67. The van der Waals surface area contributed by atoms with Crippen LogP contribution in [0.2, 0.25) is 0 Å². The van der Waals surface area contributed by atoms with Gasteiger partial charge in [0.25, 0.3) is 0 Å². The molecule has 0 amide bonds. The second-order valence-corrected chi connectivity index (χ2v) is 4.03. The molecule has 0 saturated heterocycles. The predicted molar refractivity (Wildman–Crippen MR) is 64.7 cm³/mol. The molecule has 82 valence electrons. The van der Waals surface area contributed by atoms with E-state index in [0.29, 0.717) is 5.56 Å². The molecule has 0 aromatic heterocycles. The first-order valence-corrected chi connectivity index (χ1v) is 5.17. The minimum atomic E-state index is -0.0735. The highest BCUT2D eigenvalue weighted by atomic mass is 16.3. The van der Waals surface area contributed by atoms with Gasteiger partial charge in [-0.1, -0.05) is 29.8 Å². The highest BCUT2D eigenvalue weighted by Gasteiger charge is 2.06. The molecular weight excluding hydrogens is 200 g/mol. The van der Waals surface area contributed by atoms with Gasteiger partial charge in [-0.25, -0.2) is 0 Å². The lowest BCUT2D eigenvalue weighted by Crippen LogP contribution is -1.82. The first-order chi connectivity index (χ1) is 7.58. The lowest BCUT2D eigenvalue weighted by Gasteiger charge is -2.07. The van der Waals surface area contributed by atoms with Crippen LogP contribution in [0.5, 0.6) is 11.5 Å². The fraction of sp³-hybridized carbons (Fsp3) is 0.143. The van der Waals surface area contributed by atoms with Gasteiger partial charge in [0.1, 0.15) is 0 Å². The molecule has 0 radical (unpaired) electrons. The zero-order valence-electron chi connectivity index (χ0n) is 9.36. The molecule has 2 rings (SSSR count). The van der Waals surface area contributed by atoms with Gasteiger partial charge in [-0.3, -0.25) is 0 Å². The molecule has 2 aromatic carbocycles. The molecular formula is C14H14O2. The zero-order valence-corrected chi connectivity index (χ0v) is 9.36. The van der Waals surface area contributed by atoms with Crippen LogP contribution in [-0.4, -0.2) is 10.2 Å². The van der Waals surface area contributed by atoms with Crippen molar-refractivity contribution >= 4 is 0 Å². The van der Waals surface area contributed by atoms with Crippen LogP contribution >= 0.6 is 0 Å². The number of hydrogen-bond acceptors (Lipinski definition) is 2. The number of rotatable bonds is 1. The predicted octanol–water partition coefficient (Wildman–Crippen LogP) is 3.38. The van der Waals surface area contributed by atoms with Gasteiger partial charge in [0.15, 0.2) is 11.5 Å². The van der Waals surface area contributed by atoms with Crippen molar-refractivity contribution in [2.45, 2.75) is 13.8 Å². The summed E-state index contributed by atoms with van der Waals surface area (Å²) in [4.78, 5) is 0. The van der Waals surface area contributed by atoms with Gasteiger partial charge in [-0.15, -0.1) is 0 Å². The lowest BCUT2D eigenvalue weighted by molar-refractivity contribution is 0.401. The molecule has 2 nitrogen and oxygen atoms in total. The van der Waals surface area contributed by atoms with Crippen molar-refractivity contribution < 1.29 is 10.2 Å². The van der Waals surface area contributed by atoms with Crippen molar-refractivity contribution in [1.29, 1.82) is 0 Å². The molecule has 2 heteroatoms. The summed E-state index contributed by atoms with van der Waals surface area (Å²) in [5.74, 6) is -0.119. The molecule has 0 bridgehead atoms. The van der Waals surface area contributed by atoms with Crippen LogP contribution in [0.25, 0.3) is 11.1 Å². The van der Waals surface area contributed by atoms with Crippen molar-refractivity contribution in [2.24, 2.45) is 0 Å². The number of aromatic hydroxyl groups is 2. The van der Waals surface area contributed by atoms with Gasteiger partial charge >= 0.3 is 0 Å².